The van der Waals surface area contributed by atoms with Crippen LogP contribution in [0.1, 0.15) is 19.4 Å². The van der Waals surface area contributed by atoms with Crippen LogP contribution in [0.5, 0.6) is 0 Å². The van der Waals surface area contributed by atoms with Crippen molar-refractivity contribution < 1.29 is 14.7 Å². The molecule has 2 rings (SSSR count). The molecule has 4 nitrogen and oxygen atoms in total. The van der Waals surface area contributed by atoms with Crippen LogP contribution in [0.15, 0.2) is 24.3 Å². The van der Waals surface area contributed by atoms with E-state index < -0.39 is 11.4 Å². The Morgan fingerprint density at radius 3 is 2.71 bits per heavy atom. The van der Waals surface area contributed by atoms with Crippen LogP contribution in [0.4, 0.5) is 5.69 Å². The fourth-order valence-electron chi connectivity index (χ4n) is 1.95. The summed E-state index contributed by atoms with van der Waals surface area (Å²) in [5.74, 6) is -0.921. The summed E-state index contributed by atoms with van der Waals surface area (Å²) in [4.78, 5) is 24.5. The first-order chi connectivity index (χ1) is 7.92. The van der Waals surface area contributed by atoms with Crippen LogP contribution >= 0.6 is 0 Å². The van der Waals surface area contributed by atoms with E-state index in [0.717, 1.165) is 11.3 Å². The maximum absolute atomic E-state index is 11.9. The van der Waals surface area contributed by atoms with Crippen molar-refractivity contribution in [1.82, 2.24) is 0 Å². The zero-order chi connectivity index (χ0) is 12.6. The normalized spacial score (nSPS) is 14.9. The van der Waals surface area contributed by atoms with Gasteiger partial charge in [-0.1, -0.05) is 18.2 Å². The summed E-state index contributed by atoms with van der Waals surface area (Å²) in [6, 6.07) is 7.51. The molecular formula is C13H15NO3. The van der Waals surface area contributed by atoms with Gasteiger partial charge in [0.15, 0.2) is 0 Å². The fraction of sp³-hybridized carbons (Fsp3) is 0.385. The zero-order valence-electron chi connectivity index (χ0n) is 9.93. The van der Waals surface area contributed by atoms with Crippen LogP contribution in [-0.4, -0.2) is 23.5 Å². The Labute approximate surface area is 99.9 Å². The quantitative estimate of drug-likeness (QED) is 0.864. The first kappa shape index (κ1) is 11.6. The van der Waals surface area contributed by atoms with E-state index in [2.05, 4.69) is 0 Å². The number of rotatable bonds is 3. The average molecular weight is 233 g/mol. The summed E-state index contributed by atoms with van der Waals surface area (Å²) in [6.07, 6.45) is 0.367. The van der Waals surface area contributed by atoms with E-state index in [0.29, 0.717) is 6.42 Å². The van der Waals surface area contributed by atoms with Gasteiger partial charge in [-0.15, -0.1) is 0 Å². The molecule has 1 aromatic rings. The third kappa shape index (κ3) is 2.02. The molecule has 17 heavy (non-hydrogen) atoms. The van der Waals surface area contributed by atoms with Gasteiger partial charge >= 0.3 is 5.97 Å². The van der Waals surface area contributed by atoms with Crippen molar-refractivity contribution in [2.45, 2.75) is 20.3 Å². The standard InChI is InChI=1S/C13H15NO3/c1-13(2,12(16)17)8-14-10-6-4-3-5-9(10)7-11(14)15/h3-6H,7-8H2,1-2H3,(H,16,17). The Balaban J connectivity index is 2.29. The van der Waals surface area contributed by atoms with Gasteiger partial charge in [0.25, 0.3) is 0 Å². The molecule has 1 aromatic carbocycles. The predicted molar refractivity (Wildman–Crippen MR) is 63.9 cm³/mol. The Morgan fingerprint density at radius 1 is 1.41 bits per heavy atom. The van der Waals surface area contributed by atoms with E-state index in [-0.39, 0.29) is 12.5 Å². The van der Waals surface area contributed by atoms with E-state index >= 15 is 0 Å². The van der Waals surface area contributed by atoms with Gasteiger partial charge < -0.3 is 10.0 Å². The van der Waals surface area contributed by atoms with Crippen molar-refractivity contribution in [2.75, 3.05) is 11.4 Å². The van der Waals surface area contributed by atoms with Gasteiger partial charge in [0, 0.05) is 12.2 Å². The minimum absolute atomic E-state index is 0.0273. The average Bonchev–Trinajstić information content (AvgIpc) is 2.55. The molecule has 1 amide bonds. The van der Waals surface area contributed by atoms with Gasteiger partial charge in [0.05, 0.1) is 11.8 Å². The van der Waals surface area contributed by atoms with Crippen LogP contribution in [0.25, 0.3) is 0 Å². The zero-order valence-corrected chi connectivity index (χ0v) is 9.93. The molecule has 0 atom stereocenters. The van der Waals surface area contributed by atoms with Crippen molar-refractivity contribution >= 4 is 17.6 Å². The smallest absolute Gasteiger partial charge is 0.310 e. The van der Waals surface area contributed by atoms with Crippen LogP contribution in [0.3, 0.4) is 0 Å². The molecule has 0 bridgehead atoms. The van der Waals surface area contributed by atoms with Crippen LogP contribution in [-0.2, 0) is 16.0 Å². The highest BCUT2D eigenvalue weighted by atomic mass is 16.4. The molecule has 1 N–H and O–H groups in total. The number of carboxylic acids is 1. The molecule has 1 aliphatic rings. The minimum Gasteiger partial charge on any atom is -0.481 e. The van der Waals surface area contributed by atoms with Crippen LogP contribution < -0.4 is 4.90 Å². The number of para-hydroxylation sites is 1. The van der Waals surface area contributed by atoms with E-state index in [1.54, 1.807) is 18.7 Å². The third-order valence-corrected chi connectivity index (χ3v) is 3.06. The lowest BCUT2D eigenvalue weighted by molar-refractivity contribution is -0.146. The molecule has 0 radical (unpaired) electrons. The van der Waals surface area contributed by atoms with E-state index in [9.17, 15) is 9.59 Å². The lowest BCUT2D eigenvalue weighted by Gasteiger charge is -2.26. The number of carboxylic acid groups (broad SMARTS) is 1. The number of carbonyl (C=O) groups is 2. The van der Waals surface area contributed by atoms with Crippen LogP contribution in [0, 0.1) is 5.41 Å². The lowest BCUT2D eigenvalue weighted by atomic mass is 9.93. The summed E-state index contributed by atoms with van der Waals surface area (Å²) < 4.78 is 0. The summed E-state index contributed by atoms with van der Waals surface area (Å²) in [5, 5.41) is 9.10. The number of amides is 1. The number of anilines is 1. The molecule has 0 saturated heterocycles. The Bertz CT molecular complexity index is 479. The van der Waals surface area contributed by atoms with Gasteiger partial charge in [-0.3, -0.25) is 9.59 Å². The maximum Gasteiger partial charge on any atom is 0.310 e. The number of hydrogen-bond acceptors (Lipinski definition) is 2. The molecule has 1 heterocycles. The van der Waals surface area contributed by atoms with Crippen molar-refractivity contribution in [2.24, 2.45) is 5.41 Å². The molecule has 1 aliphatic heterocycles. The van der Waals surface area contributed by atoms with E-state index in [1.807, 2.05) is 24.3 Å². The Hall–Kier alpha value is -1.84. The first-order valence-electron chi connectivity index (χ1n) is 5.53. The topological polar surface area (TPSA) is 57.6 Å². The SMILES string of the molecule is CC(C)(CN1C(=O)Cc2ccccc21)C(=O)O. The number of carbonyl (C=O) groups excluding carboxylic acids is 1. The highest BCUT2D eigenvalue weighted by Crippen LogP contribution is 2.31. The number of benzene rings is 1. The van der Waals surface area contributed by atoms with Gasteiger partial charge in [-0.05, 0) is 25.5 Å². The molecule has 90 valence electrons. The molecule has 0 saturated carbocycles. The molecule has 0 fully saturated rings. The lowest BCUT2D eigenvalue weighted by Crippen LogP contribution is -2.40. The van der Waals surface area contributed by atoms with Crippen LogP contribution in [0.2, 0.25) is 0 Å². The number of hydrogen-bond donors (Lipinski definition) is 1. The molecule has 4 heteroatoms. The fourth-order valence-corrected chi connectivity index (χ4v) is 1.95. The highest BCUT2D eigenvalue weighted by molar-refractivity contribution is 6.01. The molecular weight excluding hydrogens is 218 g/mol. The predicted octanol–water partition coefficient (Wildman–Crippen LogP) is 1.69. The third-order valence-electron chi connectivity index (χ3n) is 3.06. The van der Waals surface area contributed by atoms with Gasteiger partial charge in [0.2, 0.25) is 5.91 Å². The largest absolute Gasteiger partial charge is 0.481 e. The first-order valence-corrected chi connectivity index (χ1v) is 5.53. The van der Waals surface area contributed by atoms with Crippen molar-refractivity contribution in [3.05, 3.63) is 29.8 Å². The van der Waals surface area contributed by atoms with Crippen molar-refractivity contribution in [3.63, 3.8) is 0 Å². The summed E-state index contributed by atoms with van der Waals surface area (Å²) in [7, 11) is 0. The Kier molecular flexibility index (Phi) is 2.65. The Morgan fingerprint density at radius 2 is 2.06 bits per heavy atom. The van der Waals surface area contributed by atoms with Crippen molar-refractivity contribution in [1.29, 1.82) is 0 Å². The number of aliphatic carboxylic acids is 1. The summed E-state index contributed by atoms with van der Waals surface area (Å²) >= 11 is 0. The number of nitrogens with zero attached hydrogens (tertiary/aromatic N) is 1. The molecule has 0 aliphatic carbocycles. The van der Waals surface area contributed by atoms with E-state index in [1.165, 1.54) is 0 Å². The molecule has 0 aromatic heterocycles. The molecule has 0 unspecified atom stereocenters. The van der Waals surface area contributed by atoms with E-state index in [4.69, 9.17) is 5.11 Å². The van der Waals surface area contributed by atoms with Gasteiger partial charge in [0.1, 0.15) is 0 Å². The van der Waals surface area contributed by atoms with Gasteiger partial charge in [-0.2, -0.15) is 0 Å². The van der Waals surface area contributed by atoms with Gasteiger partial charge in [-0.25, -0.2) is 0 Å². The monoisotopic (exact) mass is 233 g/mol. The molecule has 0 spiro atoms. The second-order valence-corrected chi connectivity index (χ2v) is 4.97. The minimum atomic E-state index is -0.937. The number of fused-ring (bicyclic) bond motifs is 1. The second kappa shape index (κ2) is 3.87. The summed E-state index contributed by atoms with van der Waals surface area (Å²) in [6.45, 7) is 3.46. The maximum atomic E-state index is 11.9. The highest BCUT2D eigenvalue weighted by Gasteiger charge is 2.35. The summed E-state index contributed by atoms with van der Waals surface area (Å²) in [5.41, 5.74) is 0.873. The van der Waals surface area contributed by atoms with Crippen molar-refractivity contribution in [3.8, 4) is 0 Å². The second-order valence-electron chi connectivity index (χ2n) is 4.97.